The fraction of sp³-hybridized carbons (Fsp3) is 0.270. The molecule has 0 spiro atoms. The Morgan fingerprint density at radius 3 is 1.92 bits per heavy atom. The molecule has 0 radical (unpaired) electrons. The number of aromatic nitrogens is 5. The van der Waals surface area contributed by atoms with Crippen molar-refractivity contribution in [1.29, 1.82) is 10.5 Å². The van der Waals surface area contributed by atoms with E-state index in [2.05, 4.69) is 80.8 Å². The summed E-state index contributed by atoms with van der Waals surface area (Å²) >= 11 is 6.71. The Labute approximate surface area is 336 Å². The Balaban J connectivity index is 0.000000330. The number of Topliss-reactive ketones (excluding diaryl/α,β-unsaturated/α-hetero) is 1. The largest absolute Gasteiger partial charge is 0.478 e. The van der Waals surface area contributed by atoms with Crippen LogP contribution in [0.4, 0.5) is 0 Å². The van der Waals surface area contributed by atoms with Gasteiger partial charge in [-0.2, -0.15) is 15.6 Å². The van der Waals surface area contributed by atoms with Crippen LogP contribution in [0.2, 0.25) is 0 Å². The summed E-state index contributed by atoms with van der Waals surface area (Å²) in [5.74, 6) is -1.01. The number of nitriles is 2. The van der Waals surface area contributed by atoms with Crippen molar-refractivity contribution in [2.24, 2.45) is 7.05 Å². The number of hydrogen-bond donors (Lipinski definition) is 1. The van der Waals surface area contributed by atoms with Crippen molar-refractivity contribution in [3.05, 3.63) is 115 Å². The topological polar surface area (TPSA) is 168 Å². The fourth-order valence-corrected chi connectivity index (χ4v) is 5.86. The SMILES string of the molecule is CC(C)(C#N)c1cc(Br)cc(C(=O)O)c1.Cc1ccc(CC(=O)c2cc(Br)cc(C(C)(C)C#N)c2)cc1-n1cc(-c2cnn(C)c2C)nn1.O=S(Cl)Cl. The first-order valence-electron chi connectivity index (χ1n) is 15.7. The number of carbonyl (C=O) groups excluding carboxylic acids is 1. The van der Waals surface area contributed by atoms with E-state index in [0.717, 1.165) is 43.8 Å². The highest BCUT2D eigenvalue weighted by Gasteiger charge is 2.23. The lowest BCUT2D eigenvalue weighted by molar-refractivity contribution is 0.0696. The molecular weight excluding hydrogens is 869 g/mol. The molecule has 0 aliphatic carbocycles. The van der Waals surface area contributed by atoms with E-state index in [1.165, 1.54) is 12.1 Å². The number of carboxylic acid groups (broad SMARTS) is 1. The van der Waals surface area contributed by atoms with Crippen molar-refractivity contribution in [3.63, 3.8) is 0 Å². The summed E-state index contributed by atoms with van der Waals surface area (Å²) in [6, 6.07) is 20.6. The molecule has 276 valence electrons. The molecule has 5 aromatic rings. The molecule has 0 saturated heterocycles. The van der Waals surface area contributed by atoms with Crippen molar-refractivity contribution in [1.82, 2.24) is 24.8 Å². The smallest absolute Gasteiger partial charge is 0.335 e. The maximum absolute atomic E-state index is 13.1. The Morgan fingerprint density at radius 2 is 1.43 bits per heavy atom. The number of hydrogen-bond acceptors (Lipinski definition) is 8. The van der Waals surface area contributed by atoms with Gasteiger partial charge in [0, 0.05) is 60.6 Å². The Bertz CT molecular complexity index is 2270. The van der Waals surface area contributed by atoms with Gasteiger partial charge in [0.25, 0.3) is 0 Å². The zero-order valence-corrected chi connectivity index (χ0v) is 35.3. The minimum absolute atomic E-state index is 0.0173. The van der Waals surface area contributed by atoms with Gasteiger partial charge < -0.3 is 5.11 Å². The molecule has 0 unspecified atom stereocenters. The summed E-state index contributed by atoms with van der Waals surface area (Å²) in [5.41, 5.74) is 6.33. The number of aryl methyl sites for hydroxylation is 2. The molecule has 0 aliphatic heterocycles. The van der Waals surface area contributed by atoms with Crippen LogP contribution in [0.15, 0.2) is 75.9 Å². The average Bonchev–Trinajstić information content (AvgIpc) is 3.71. The number of aromatic carboxylic acids is 1. The minimum atomic E-state index is -1.67. The van der Waals surface area contributed by atoms with E-state index >= 15 is 0 Å². The van der Waals surface area contributed by atoms with Gasteiger partial charge in [-0.25, -0.2) is 13.7 Å². The number of ketones is 1. The average molecular weight is 905 g/mol. The highest BCUT2D eigenvalue weighted by Crippen LogP contribution is 2.29. The third-order valence-corrected chi connectivity index (χ3v) is 9.17. The molecule has 2 aromatic heterocycles. The lowest BCUT2D eigenvalue weighted by atomic mass is 9.85. The Hall–Kier alpha value is -4.18. The first kappa shape index (κ1) is 43.2. The number of benzene rings is 3. The van der Waals surface area contributed by atoms with E-state index in [0.29, 0.717) is 15.6 Å². The molecule has 0 amide bonds. The molecule has 0 aliphatic rings. The molecule has 0 fully saturated rings. The molecule has 3 aromatic carbocycles. The first-order valence-corrected chi connectivity index (χ1v) is 20.0. The van der Waals surface area contributed by atoms with Gasteiger partial charge >= 0.3 is 5.97 Å². The van der Waals surface area contributed by atoms with Gasteiger partial charge in [-0.15, -0.1) is 5.10 Å². The van der Waals surface area contributed by atoms with Crippen LogP contribution in [0, 0.1) is 36.5 Å². The zero-order chi connectivity index (χ0) is 39.8. The number of nitrogens with zero attached hydrogens (tertiary/aromatic N) is 7. The lowest BCUT2D eigenvalue weighted by Crippen LogP contribution is -2.15. The van der Waals surface area contributed by atoms with E-state index in [1.54, 1.807) is 41.5 Å². The molecule has 0 bridgehead atoms. The second-order valence-corrected chi connectivity index (χ2v) is 17.3. The minimum Gasteiger partial charge on any atom is -0.478 e. The highest BCUT2D eigenvalue weighted by atomic mass is 79.9. The van der Waals surface area contributed by atoms with Crippen molar-refractivity contribution in [2.45, 2.75) is 58.8 Å². The number of rotatable bonds is 8. The summed E-state index contributed by atoms with van der Waals surface area (Å²) in [6.07, 6.45) is 3.90. The van der Waals surface area contributed by atoms with E-state index in [4.69, 9.17) is 14.6 Å². The highest BCUT2D eigenvalue weighted by molar-refractivity contribution is 9.10. The van der Waals surface area contributed by atoms with Crippen molar-refractivity contribution in [2.75, 3.05) is 0 Å². The monoisotopic (exact) mass is 901 g/mol. The van der Waals surface area contributed by atoms with Gasteiger partial charge in [-0.1, -0.05) is 49.2 Å². The Morgan fingerprint density at radius 1 is 0.906 bits per heavy atom. The summed E-state index contributed by atoms with van der Waals surface area (Å²) in [7, 11) is 9.25. The second kappa shape index (κ2) is 18.2. The quantitative estimate of drug-likeness (QED) is 0.118. The summed E-state index contributed by atoms with van der Waals surface area (Å²) in [4.78, 5) is 24.0. The molecule has 16 heteroatoms. The number of carboxylic acids is 1. The number of carbonyl (C=O) groups is 2. The summed E-state index contributed by atoms with van der Waals surface area (Å²) in [5, 5.41) is 40.2. The molecule has 5 rings (SSSR count). The van der Waals surface area contributed by atoms with E-state index in [1.807, 2.05) is 71.3 Å². The fourth-order valence-electron chi connectivity index (χ4n) is 4.87. The van der Waals surface area contributed by atoms with E-state index < -0.39 is 26.0 Å². The van der Waals surface area contributed by atoms with Crippen LogP contribution in [0.25, 0.3) is 16.9 Å². The Kier molecular flexibility index (Phi) is 14.9. The third kappa shape index (κ3) is 11.7. The van der Waals surface area contributed by atoms with Crippen LogP contribution in [-0.4, -0.2) is 45.8 Å². The number of halogens is 4. The summed E-state index contributed by atoms with van der Waals surface area (Å²) < 4.78 is 14.1. The molecule has 53 heavy (non-hydrogen) atoms. The standard InChI is InChI=1S/C26H25BrN6O.C11H10BrNO2.Cl2OS/c1-16-6-7-18(9-25(34)19-10-20(12-21(27)11-19)26(3,4)15-28)8-24(16)33-14-23(30-31-33)22-13-29-32(5)17(22)2;1-11(2,6-13)8-3-7(10(14)15)4-9(12)5-8;1-4(2)3/h6-8,10-14H,9H2,1-5H3;3-5H,1-2H3,(H,14,15);. The maximum Gasteiger partial charge on any atom is 0.335 e. The van der Waals surface area contributed by atoms with E-state index in [9.17, 15) is 14.9 Å². The first-order chi connectivity index (χ1) is 24.7. The third-order valence-electron chi connectivity index (χ3n) is 8.26. The van der Waals surface area contributed by atoms with Gasteiger partial charge in [0.2, 0.25) is 9.23 Å². The second-order valence-electron chi connectivity index (χ2n) is 13.0. The normalized spacial score (nSPS) is 11.1. The van der Waals surface area contributed by atoms with Crippen LogP contribution in [0.5, 0.6) is 0 Å². The maximum atomic E-state index is 13.1. The molecule has 1 N–H and O–H groups in total. The molecule has 0 saturated carbocycles. The van der Waals surface area contributed by atoms with Gasteiger partial charge in [0.15, 0.2) is 5.78 Å². The van der Waals surface area contributed by atoms with E-state index in [-0.39, 0.29) is 17.8 Å². The van der Waals surface area contributed by atoms with Crippen molar-refractivity contribution < 1.29 is 18.9 Å². The summed E-state index contributed by atoms with van der Waals surface area (Å²) in [6.45, 7) is 11.2. The van der Waals surface area contributed by atoms with Crippen LogP contribution < -0.4 is 0 Å². The van der Waals surface area contributed by atoms with Crippen LogP contribution in [0.1, 0.15) is 76.4 Å². The predicted molar refractivity (Wildman–Crippen MR) is 213 cm³/mol. The van der Waals surface area contributed by atoms with Gasteiger partial charge in [-0.3, -0.25) is 9.48 Å². The van der Waals surface area contributed by atoms with Gasteiger partial charge in [0.1, 0.15) is 5.69 Å². The predicted octanol–water partition coefficient (Wildman–Crippen LogP) is 9.26. The van der Waals surface area contributed by atoms with Crippen molar-refractivity contribution in [3.8, 4) is 29.1 Å². The molecule has 11 nitrogen and oxygen atoms in total. The van der Waals surface area contributed by atoms with Gasteiger partial charge in [-0.05, 0) is 106 Å². The lowest BCUT2D eigenvalue weighted by Gasteiger charge is -2.17. The molecule has 2 heterocycles. The van der Waals surface area contributed by atoms with Crippen LogP contribution in [-0.2, 0) is 33.5 Å². The van der Waals surface area contributed by atoms with Gasteiger partial charge in [0.05, 0.1) is 46.6 Å². The molecule has 0 atom stereocenters. The van der Waals surface area contributed by atoms with Crippen LogP contribution in [0.3, 0.4) is 0 Å². The zero-order valence-electron chi connectivity index (χ0n) is 29.8. The van der Waals surface area contributed by atoms with Crippen molar-refractivity contribution >= 4 is 74.2 Å². The van der Waals surface area contributed by atoms with Crippen LogP contribution >= 0.6 is 53.2 Å². The molecular formula is C37H35Br2Cl2N7O4S.